The van der Waals surface area contributed by atoms with Gasteiger partial charge in [0.15, 0.2) is 0 Å². The van der Waals surface area contributed by atoms with E-state index in [1.54, 1.807) is 18.5 Å². The number of anilines is 2. The van der Waals surface area contributed by atoms with E-state index in [9.17, 15) is 4.79 Å². The van der Waals surface area contributed by atoms with Crippen LogP contribution < -0.4 is 10.6 Å². The number of amides is 1. The fourth-order valence-corrected chi connectivity index (χ4v) is 3.56. The Morgan fingerprint density at radius 1 is 1.04 bits per heavy atom. The summed E-state index contributed by atoms with van der Waals surface area (Å²) in [5.41, 5.74) is 4.29. The first-order chi connectivity index (χ1) is 13.8. The first kappa shape index (κ1) is 18.2. The number of rotatable bonds is 6. The number of aromatic nitrogens is 2. The molecule has 2 aromatic heterocycles. The van der Waals surface area contributed by atoms with E-state index in [1.165, 1.54) is 31.3 Å². The smallest absolute Gasteiger partial charge is 0.274 e. The Labute approximate surface area is 164 Å². The first-order valence-corrected chi connectivity index (χ1v) is 9.82. The molecule has 3 aromatic rings. The van der Waals surface area contributed by atoms with Gasteiger partial charge in [-0.25, -0.2) is 0 Å². The molecule has 4 rings (SSSR count). The average molecular weight is 372 g/mol. The molecule has 1 aliphatic carbocycles. The Morgan fingerprint density at radius 3 is 2.86 bits per heavy atom. The van der Waals surface area contributed by atoms with Crippen molar-refractivity contribution in [3.05, 3.63) is 72.2 Å². The third kappa shape index (κ3) is 4.36. The summed E-state index contributed by atoms with van der Waals surface area (Å²) in [6.07, 6.45) is 11.8. The lowest BCUT2D eigenvalue weighted by Gasteiger charge is -2.13. The molecule has 0 radical (unpaired) electrons. The van der Waals surface area contributed by atoms with E-state index in [4.69, 9.17) is 0 Å². The summed E-state index contributed by atoms with van der Waals surface area (Å²) in [6.45, 7) is 0.865. The predicted molar refractivity (Wildman–Crippen MR) is 114 cm³/mol. The lowest BCUT2D eigenvalue weighted by Crippen LogP contribution is -2.14. The van der Waals surface area contributed by atoms with E-state index in [2.05, 4.69) is 26.7 Å². The first-order valence-electron chi connectivity index (χ1n) is 9.82. The number of carbonyl (C=O) groups excluding carboxylic acids is 1. The van der Waals surface area contributed by atoms with Gasteiger partial charge in [0.1, 0.15) is 5.69 Å². The van der Waals surface area contributed by atoms with Crippen molar-refractivity contribution in [2.45, 2.75) is 32.1 Å². The third-order valence-corrected chi connectivity index (χ3v) is 5.03. The van der Waals surface area contributed by atoms with E-state index >= 15 is 0 Å². The normalized spacial score (nSPS) is 13.8. The van der Waals surface area contributed by atoms with Crippen molar-refractivity contribution in [1.82, 2.24) is 9.97 Å². The van der Waals surface area contributed by atoms with Gasteiger partial charge in [-0.2, -0.15) is 0 Å². The number of hydrogen-bond donors (Lipinski definition) is 2. The molecule has 0 saturated heterocycles. The van der Waals surface area contributed by atoms with Crippen LogP contribution >= 0.6 is 0 Å². The van der Waals surface area contributed by atoms with Crippen LogP contribution in [0.4, 0.5) is 11.4 Å². The molecule has 5 nitrogen and oxygen atoms in total. The second kappa shape index (κ2) is 8.65. The number of pyridine rings is 2. The maximum atomic E-state index is 12.7. The molecule has 2 N–H and O–H groups in total. The van der Waals surface area contributed by atoms with E-state index in [0.717, 1.165) is 29.6 Å². The van der Waals surface area contributed by atoms with Crippen LogP contribution in [0.1, 0.15) is 42.6 Å². The SMILES string of the molecule is O=C(Nc1cccc2cccnc12)c1cc(NCCC2=CCCCC2)ccn1. The molecule has 2 heterocycles. The third-order valence-electron chi connectivity index (χ3n) is 5.03. The fraction of sp³-hybridized carbons (Fsp3) is 0.261. The summed E-state index contributed by atoms with van der Waals surface area (Å²) in [7, 11) is 0. The summed E-state index contributed by atoms with van der Waals surface area (Å²) in [5.74, 6) is -0.239. The molecule has 0 atom stereocenters. The molecule has 0 fully saturated rings. The highest BCUT2D eigenvalue weighted by Gasteiger charge is 2.11. The molecule has 1 aromatic carbocycles. The van der Waals surface area contributed by atoms with Crippen molar-refractivity contribution in [2.24, 2.45) is 0 Å². The van der Waals surface area contributed by atoms with Crippen molar-refractivity contribution < 1.29 is 4.79 Å². The summed E-state index contributed by atoms with van der Waals surface area (Å²) >= 11 is 0. The zero-order chi connectivity index (χ0) is 19.2. The van der Waals surface area contributed by atoms with E-state index < -0.39 is 0 Å². The fourth-order valence-electron chi connectivity index (χ4n) is 3.56. The van der Waals surface area contributed by atoms with Gasteiger partial charge in [0, 0.05) is 30.0 Å². The summed E-state index contributed by atoms with van der Waals surface area (Å²) in [6, 6.07) is 13.3. The molecule has 1 aliphatic rings. The number of fused-ring (bicyclic) bond motifs is 1. The van der Waals surface area contributed by atoms with Crippen LogP contribution in [0.2, 0.25) is 0 Å². The maximum absolute atomic E-state index is 12.7. The van der Waals surface area contributed by atoms with Gasteiger partial charge in [0.25, 0.3) is 5.91 Å². The molecule has 0 spiro atoms. The molecule has 0 unspecified atom stereocenters. The number of benzene rings is 1. The van der Waals surface area contributed by atoms with E-state index in [0.29, 0.717) is 11.4 Å². The second-order valence-corrected chi connectivity index (χ2v) is 7.05. The second-order valence-electron chi connectivity index (χ2n) is 7.05. The minimum absolute atomic E-state index is 0.239. The van der Waals surface area contributed by atoms with Crippen molar-refractivity contribution in [3.63, 3.8) is 0 Å². The van der Waals surface area contributed by atoms with E-state index in [1.807, 2.05) is 36.4 Å². The number of nitrogens with one attached hydrogen (secondary N) is 2. The number of nitrogens with zero attached hydrogens (tertiary/aromatic N) is 2. The van der Waals surface area contributed by atoms with Crippen LogP contribution in [0, 0.1) is 0 Å². The Balaban J connectivity index is 1.41. The van der Waals surface area contributed by atoms with Gasteiger partial charge in [0.05, 0.1) is 11.2 Å². The summed E-state index contributed by atoms with van der Waals surface area (Å²) < 4.78 is 0. The lowest BCUT2D eigenvalue weighted by molar-refractivity contribution is 0.102. The van der Waals surface area contributed by atoms with Crippen molar-refractivity contribution in [1.29, 1.82) is 0 Å². The zero-order valence-electron chi connectivity index (χ0n) is 15.8. The monoisotopic (exact) mass is 372 g/mol. The van der Waals surface area contributed by atoms with Crippen LogP contribution in [-0.4, -0.2) is 22.4 Å². The average Bonchev–Trinajstić information content (AvgIpc) is 2.75. The largest absolute Gasteiger partial charge is 0.385 e. The van der Waals surface area contributed by atoms with Crippen LogP contribution in [-0.2, 0) is 0 Å². The van der Waals surface area contributed by atoms with Crippen LogP contribution in [0.25, 0.3) is 10.9 Å². The Bertz CT molecular complexity index is 1010. The standard InChI is InChI=1S/C23H24N4O/c28-23(27-20-10-4-8-18-9-5-13-26-22(18)20)21-16-19(12-15-25-21)24-14-11-17-6-2-1-3-7-17/h4-6,8-10,12-13,15-16H,1-3,7,11,14H2,(H,24,25)(H,27,28). The van der Waals surface area contributed by atoms with Crippen LogP contribution in [0.15, 0.2) is 66.5 Å². The van der Waals surface area contributed by atoms with Gasteiger partial charge >= 0.3 is 0 Å². The molecule has 142 valence electrons. The van der Waals surface area contributed by atoms with Gasteiger partial charge in [0.2, 0.25) is 0 Å². The van der Waals surface area contributed by atoms with Gasteiger partial charge in [-0.3, -0.25) is 14.8 Å². The molecule has 0 bridgehead atoms. The topological polar surface area (TPSA) is 66.9 Å². The molecule has 28 heavy (non-hydrogen) atoms. The predicted octanol–water partition coefficient (Wildman–Crippen LogP) is 5.18. The molecule has 0 aliphatic heterocycles. The quantitative estimate of drug-likeness (QED) is 0.585. The van der Waals surface area contributed by atoms with E-state index in [-0.39, 0.29) is 5.91 Å². The van der Waals surface area contributed by atoms with Crippen LogP contribution in [0.5, 0.6) is 0 Å². The Kier molecular flexibility index (Phi) is 5.61. The van der Waals surface area contributed by atoms with Crippen molar-refractivity contribution >= 4 is 28.2 Å². The Hall–Kier alpha value is -3.21. The van der Waals surface area contributed by atoms with Gasteiger partial charge < -0.3 is 10.6 Å². The summed E-state index contributed by atoms with van der Waals surface area (Å²) in [5, 5.41) is 7.33. The number of carbonyl (C=O) groups is 1. The minimum atomic E-state index is -0.239. The molecule has 1 amide bonds. The Morgan fingerprint density at radius 2 is 1.96 bits per heavy atom. The van der Waals surface area contributed by atoms with Crippen molar-refractivity contribution in [3.8, 4) is 0 Å². The van der Waals surface area contributed by atoms with Gasteiger partial charge in [-0.1, -0.05) is 29.8 Å². The number of hydrogen-bond acceptors (Lipinski definition) is 4. The number of allylic oxidation sites excluding steroid dienone is 1. The highest BCUT2D eigenvalue weighted by molar-refractivity contribution is 6.07. The molecule has 5 heteroatoms. The molecular formula is C23H24N4O. The molecular weight excluding hydrogens is 348 g/mol. The lowest BCUT2D eigenvalue weighted by atomic mass is 9.97. The van der Waals surface area contributed by atoms with Gasteiger partial charge in [-0.05, 0) is 56.4 Å². The number of para-hydroxylation sites is 1. The zero-order valence-corrected chi connectivity index (χ0v) is 15.8. The maximum Gasteiger partial charge on any atom is 0.274 e. The molecule has 0 saturated carbocycles. The van der Waals surface area contributed by atoms with Crippen LogP contribution in [0.3, 0.4) is 0 Å². The van der Waals surface area contributed by atoms with Crippen molar-refractivity contribution in [2.75, 3.05) is 17.2 Å². The van der Waals surface area contributed by atoms with Gasteiger partial charge in [-0.15, -0.1) is 0 Å². The minimum Gasteiger partial charge on any atom is -0.385 e. The highest BCUT2D eigenvalue weighted by atomic mass is 16.1. The highest BCUT2D eigenvalue weighted by Crippen LogP contribution is 2.22. The summed E-state index contributed by atoms with van der Waals surface area (Å²) in [4.78, 5) is 21.3.